The number of nitrogens with zero attached hydrogens (tertiary/aromatic N) is 7. The van der Waals surface area contributed by atoms with Crippen LogP contribution in [0, 0.1) is 11.3 Å². The molecular weight excluding hydrogens is 366 g/mol. The van der Waals surface area contributed by atoms with Crippen LogP contribution in [0.15, 0.2) is 49.1 Å². The highest BCUT2D eigenvalue weighted by molar-refractivity contribution is 5.75. The number of aromatic nitrogens is 6. The van der Waals surface area contributed by atoms with Gasteiger partial charge in [-0.1, -0.05) is 18.2 Å². The van der Waals surface area contributed by atoms with Crippen molar-refractivity contribution in [2.24, 2.45) is 0 Å². The number of hydrogen-bond donors (Lipinski definition) is 1. The molecule has 0 bridgehead atoms. The number of halogens is 2. The molecule has 0 aliphatic carbocycles. The molecule has 1 aromatic carbocycles. The van der Waals surface area contributed by atoms with Crippen LogP contribution in [0.1, 0.15) is 11.1 Å². The molecule has 8 nitrogen and oxygen atoms in total. The van der Waals surface area contributed by atoms with Gasteiger partial charge < -0.3 is 5.32 Å². The van der Waals surface area contributed by atoms with Crippen LogP contribution >= 0.6 is 0 Å². The topological polar surface area (TPSA) is 97.2 Å². The lowest BCUT2D eigenvalue weighted by Gasteiger charge is -2.06. The van der Waals surface area contributed by atoms with Crippen LogP contribution in [0.4, 0.5) is 20.4 Å². The number of nitrogens with one attached hydrogen (secondary N) is 1. The van der Waals surface area contributed by atoms with E-state index >= 15 is 0 Å². The Morgan fingerprint density at radius 2 is 2.00 bits per heavy atom. The number of hydrogen-bond acceptors (Lipinski definition) is 6. The van der Waals surface area contributed by atoms with E-state index in [1.165, 1.54) is 12.4 Å². The molecule has 0 atom stereocenters. The molecule has 0 spiro atoms. The highest BCUT2D eigenvalue weighted by atomic mass is 19.3. The summed E-state index contributed by atoms with van der Waals surface area (Å²) >= 11 is 0. The van der Waals surface area contributed by atoms with E-state index in [-0.39, 0.29) is 0 Å². The number of nitriles is 1. The van der Waals surface area contributed by atoms with Crippen molar-refractivity contribution in [3.63, 3.8) is 0 Å². The van der Waals surface area contributed by atoms with E-state index in [0.29, 0.717) is 29.4 Å². The molecule has 10 heteroatoms. The second-order valence-corrected chi connectivity index (χ2v) is 6.01. The predicted molar refractivity (Wildman–Crippen MR) is 97.1 cm³/mol. The van der Waals surface area contributed by atoms with E-state index in [0.717, 1.165) is 15.6 Å². The summed E-state index contributed by atoms with van der Waals surface area (Å²) in [5.41, 5.74) is 2.49. The first kappa shape index (κ1) is 17.5. The number of alkyl halides is 2. The van der Waals surface area contributed by atoms with Crippen molar-refractivity contribution in [3.8, 4) is 6.07 Å². The maximum Gasteiger partial charge on any atom is 0.257 e. The summed E-state index contributed by atoms with van der Waals surface area (Å²) in [7, 11) is 0. The van der Waals surface area contributed by atoms with Gasteiger partial charge in [-0.3, -0.25) is 4.68 Å². The molecule has 4 rings (SSSR count). The Kier molecular flexibility index (Phi) is 4.63. The third-order valence-electron chi connectivity index (χ3n) is 4.05. The number of rotatable bonds is 6. The standard InChI is InChI=1S/C18H14F2N8/c19-16(20)11-27-10-15(8-23-27)25-18-22-6-14-7-24-28(17(14)26-18)9-13-4-2-1-3-12(13)5-21/h1-4,6-8,10,16H,9,11H2,(H,22,25,26). The van der Waals surface area contributed by atoms with E-state index in [2.05, 4.69) is 31.6 Å². The van der Waals surface area contributed by atoms with Gasteiger partial charge in [0.15, 0.2) is 5.65 Å². The lowest BCUT2D eigenvalue weighted by Crippen LogP contribution is -2.06. The monoisotopic (exact) mass is 380 g/mol. The van der Waals surface area contributed by atoms with Crippen LogP contribution in [-0.2, 0) is 13.1 Å². The fraction of sp³-hybridized carbons (Fsp3) is 0.167. The molecule has 0 aliphatic rings. The average molecular weight is 380 g/mol. The fourth-order valence-corrected chi connectivity index (χ4v) is 2.77. The molecular formula is C18H14F2N8. The van der Waals surface area contributed by atoms with Gasteiger partial charge in [0.1, 0.15) is 6.54 Å². The van der Waals surface area contributed by atoms with E-state index in [1.54, 1.807) is 23.1 Å². The van der Waals surface area contributed by atoms with Crippen molar-refractivity contribution in [2.45, 2.75) is 19.5 Å². The lowest BCUT2D eigenvalue weighted by molar-refractivity contribution is 0.122. The van der Waals surface area contributed by atoms with Crippen molar-refractivity contribution in [3.05, 3.63) is 60.2 Å². The molecule has 0 unspecified atom stereocenters. The second kappa shape index (κ2) is 7.40. The Hall–Kier alpha value is -3.87. The van der Waals surface area contributed by atoms with Gasteiger partial charge in [0.25, 0.3) is 6.43 Å². The molecule has 0 saturated heterocycles. The van der Waals surface area contributed by atoms with Crippen LogP contribution in [-0.4, -0.2) is 36.0 Å². The van der Waals surface area contributed by atoms with Gasteiger partial charge in [0, 0.05) is 12.4 Å². The maximum absolute atomic E-state index is 12.4. The minimum Gasteiger partial charge on any atom is -0.321 e. The largest absolute Gasteiger partial charge is 0.321 e. The molecule has 0 saturated carbocycles. The molecule has 3 heterocycles. The van der Waals surface area contributed by atoms with E-state index < -0.39 is 13.0 Å². The molecule has 28 heavy (non-hydrogen) atoms. The smallest absolute Gasteiger partial charge is 0.257 e. The van der Waals surface area contributed by atoms with Gasteiger partial charge in [-0.05, 0) is 11.6 Å². The third-order valence-corrected chi connectivity index (χ3v) is 4.05. The van der Waals surface area contributed by atoms with Crippen molar-refractivity contribution in [1.29, 1.82) is 5.26 Å². The maximum atomic E-state index is 12.4. The van der Waals surface area contributed by atoms with Crippen molar-refractivity contribution >= 4 is 22.7 Å². The summed E-state index contributed by atoms with van der Waals surface area (Å²) in [6.45, 7) is -0.0946. The average Bonchev–Trinajstić information content (AvgIpc) is 3.28. The number of anilines is 2. The molecule has 0 amide bonds. The van der Waals surface area contributed by atoms with E-state index in [9.17, 15) is 14.0 Å². The zero-order valence-electron chi connectivity index (χ0n) is 14.5. The SMILES string of the molecule is N#Cc1ccccc1Cn1ncc2cnc(Nc3cnn(CC(F)F)c3)nc21. The van der Waals surface area contributed by atoms with Crippen LogP contribution < -0.4 is 5.32 Å². The highest BCUT2D eigenvalue weighted by Crippen LogP contribution is 2.18. The van der Waals surface area contributed by atoms with Gasteiger partial charge in [0.2, 0.25) is 5.95 Å². The van der Waals surface area contributed by atoms with Gasteiger partial charge >= 0.3 is 0 Å². The first-order valence-electron chi connectivity index (χ1n) is 8.36. The first-order valence-corrected chi connectivity index (χ1v) is 8.36. The zero-order valence-corrected chi connectivity index (χ0v) is 14.5. The normalized spacial score (nSPS) is 11.1. The molecule has 0 aliphatic heterocycles. The number of fused-ring (bicyclic) bond motifs is 1. The second-order valence-electron chi connectivity index (χ2n) is 6.01. The fourth-order valence-electron chi connectivity index (χ4n) is 2.77. The summed E-state index contributed by atoms with van der Waals surface area (Å²) in [4.78, 5) is 8.68. The Morgan fingerprint density at radius 1 is 1.14 bits per heavy atom. The molecule has 0 radical (unpaired) electrons. The van der Waals surface area contributed by atoms with Gasteiger partial charge in [-0.2, -0.15) is 20.4 Å². The predicted octanol–water partition coefficient (Wildman–Crippen LogP) is 2.95. The van der Waals surface area contributed by atoms with Crippen LogP contribution in [0.2, 0.25) is 0 Å². The zero-order chi connectivity index (χ0) is 19.5. The summed E-state index contributed by atoms with van der Waals surface area (Å²) in [6.07, 6.45) is 3.67. The molecule has 1 N–H and O–H groups in total. The Balaban J connectivity index is 1.59. The van der Waals surface area contributed by atoms with Gasteiger partial charge in [-0.25, -0.2) is 18.4 Å². The van der Waals surface area contributed by atoms with Crippen molar-refractivity contribution in [2.75, 3.05) is 5.32 Å². The summed E-state index contributed by atoms with van der Waals surface area (Å²) in [6, 6.07) is 9.45. The van der Waals surface area contributed by atoms with Gasteiger partial charge in [0.05, 0.1) is 41.6 Å². The van der Waals surface area contributed by atoms with Crippen LogP contribution in [0.3, 0.4) is 0 Å². The van der Waals surface area contributed by atoms with Crippen LogP contribution in [0.5, 0.6) is 0 Å². The Bertz CT molecular complexity index is 1160. The minimum atomic E-state index is -2.48. The molecule has 0 fully saturated rings. The molecule has 4 aromatic rings. The van der Waals surface area contributed by atoms with E-state index in [4.69, 9.17) is 0 Å². The van der Waals surface area contributed by atoms with Gasteiger partial charge in [-0.15, -0.1) is 0 Å². The summed E-state index contributed by atoms with van der Waals surface area (Å²) in [5, 5.41) is 21.1. The van der Waals surface area contributed by atoms with Crippen molar-refractivity contribution in [1.82, 2.24) is 29.5 Å². The molecule has 140 valence electrons. The third kappa shape index (κ3) is 3.64. The summed E-state index contributed by atoms with van der Waals surface area (Å²) < 4.78 is 27.7. The minimum absolute atomic E-state index is 0.291. The van der Waals surface area contributed by atoms with Crippen LogP contribution in [0.25, 0.3) is 11.0 Å². The molecule has 3 aromatic heterocycles. The Labute approximate surface area is 158 Å². The summed E-state index contributed by atoms with van der Waals surface area (Å²) in [5.74, 6) is 0.291. The quantitative estimate of drug-likeness (QED) is 0.552. The Morgan fingerprint density at radius 3 is 2.82 bits per heavy atom. The van der Waals surface area contributed by atoms with E-state index in [1.807, 2.05) is 18.2 Å². The lowest BCUT2D eigenvalue weighted by atomic mass is 10.1. The van der Waals surface area contributed by atoms with Crippen molar-refractivity contribution < 1.29 is 8.78 Å². The first-order chi connectivity index (χ1) is 13.6. The highest BCUT2D eigenvalue weighted by Gasteiger charge is 2.11. The number of benzene rings is 1.